The third-order valence-electron chi connectivity index (χ3n) is 3.81. The summed E-state index contributed by atoms with van der Waals surface area (Å²) in [7, 11) is 0. The van der Waals surface area contributed by atoms with E-state index in [0.29, 0.717) is 6.54 Å². The first kappa shape index (κ1) is 15.4. The van der Waals surface area contributed by atoms with Crippen molar-refractivity contribution in [3.63, 3.8) is 0 Å². The number of hydrogen-bond acceptors (Lipinski definition) is 3. The molecule has 4 heteroatoms. The van der Waals surface area contributed by atoms with Gasteiger partial charge >= 0.3 is 0 Å². The Labute approximate surface area is 126 Å². The molecule has 0 fully saturated rings. The van der Waals surface area contributed by atoms with Gasteiger partial charge in [-0.3, -0.25) is 4.79 Å². The first-order chi connectivity index (χ1) is 9.94. The summed E-state index contributed by atoms with van der Waals surface area (Å²) in [5.74, 6) is 0.773. The second-order valence-corrected chi connectivity index (χ2v) is 6.17. The van der Waals surface area contributed by atoms with Crippen molar-refractivity contribution in [2.75, 3.05) is 11.4 Å². The van der Waals surface area contributed by atoms with Gasteiger partial charge in [0.2, 0.25) is 0 Å². The summed E-state index contributed by atoms with van der Waals surface area (Å²) < 4.78 is 5.62. The minimum Gasteiger partial charge on any atom is -0.479 e. The monoisotopic (exact) mass is 286 g/mol. The maximum absolute atomic E-state index is 12.3. The van der Waals surface area contributed by atoms with E-state index < -0.39 is 6.10 Å². The number of rotatable bonds is 5. The van der Waals surface area contributed by atoms with Crippen molar-refractivity contribution in [2.24, 2.45) is 5.41 Å². The van der Waals surface area contributed by atoms with Crippen LogP contribution in [-0.4, -0.2) is 18.6 Å². The molecular formula is C17H22N2O2. The average molecular weight is 286 g/mol. The molecule has 0 spiro atoms. The highest BCUT2D eigenvalue weighted by atomic mass is 16.5. The van der Waals surface area contributed by atoms with Crippen LogP contribution in [-0.2, 0) is 4.79 Å². The number of nitrogens with zero attached hydrogens (tertiary/aromatic N) is 2. The van der Waals surface area contributed by atoms with Crippen molar-refractivity contribution in [1.29, 1.82) is 5.26 Å². The first-order valence-electron chi connectivity index (χ1n) is 7.43. The van der Waals surface area contributed by atoms with Crippen LogP contribution in [0.15, 0.2) is 24.3 Å². The van der Waals surface area contributed by atoms with Gasteiger partial charge in [0, 0.05) is 6.54 Å². The fourth-order valence-corrected chi connectivity index (χ4v) is 2.48. The summed E-state index contributed by atoms with van der Waals surface area (Å²) in [5, 5.41) is 9.02. The summed E-state index contributed by atoms with van der Waals surface area (Å²) in [5.41, 5.74) is 0.556. The van der Waals surface area contributed by atoms with Gasteiger partial charge in [0.05, 0.1) is 17.2 Å². The highest BCUT2D eigenvalue weighted by Gasteiger charge is 2.30. The number of para-hydroxylation sites is 2. The minimum atomic E-state index is -0.435. The van der Waals surface area contributed by atoms with Crippen molar-refractivity contribution in [2.45, 2.75) is 46.1 Å². The number of nitriles is 1. The van der Waals surface area contributed by atoms with E-state index >= 15 is 0 Å². The standard InChI is InChI=1S/C17H22N2O2/c1-13-16(20)19(11-7-6-10-17(2,3)12-18)14-8-4-5-9-15(14)21-13/h4-5,8-9,13H,6-7,10-11H2,1-3H3. The highest BCUT2D eigenvalue weighted by molar-refractivity contribution is 5.99. The van der Waals surface area contributed by atoms with Crippen molar-refractivity contribution in [1.82, 2.24) is 0 Å². The molecule has 2 rings (SSSR count). The van der Waals surface area contributed by atoms with Gasteiger partial charge in [0.15, 0.2) is 6.10 Å². The molecule has 0 aromatic heterocycles. The lowest BCUT2D eigenvalue weighted by molar-refractivity contribution is -0.125. The van der Waals surface area contributed by atoms with Crippen molar-refractivity contribution in [3.05, 3.63) is 24.3 Å². The molecule has 0 bridgehead atoms. The molecule has 1 unspecified atom stereocenters. The van der Waals surface area contributed by atoms with Gasteiger partial charge in [-0.1, -0.05) is 18.6 Å². The summed E-state index contributed by atoms with van der Waals surface area (Å²) >= 11 is 0. The second kappa shape index (κ2) is 6.17. The fourth-order valence-electron chi connectivity index (χ4n) is 2.48. The average Bonchev–Trinajstić information content (AvgIpc) is 2.47. The molecule has 1 amide bonds. The van der Waals surface area contributed by atoms with Crippen molar-refractivity contribution < 1.29 is 9.53 Å². The Kier molecular flexibility index (Phi) is 4.52. The molecule has 1 aliphatic rings. The zero-order chi connectivity index (χ0) is 15.5. The molecular weight excluding hydrogens is 264 g/mol. The van der Waals surface area contributed by atoms with Crippen LogP contribution >= 0.6 is 0 Å². The van der Waals surface area contributed by atoms with Gasteiger partial charge in [-0.15, -0.1) is 0 Å². The number of fused-ring (bicyclic) bond motifs is 1. The van der Waals surface area contributed by atoms with E-state index in [1.165, 1.54) is 0 Å². The van der Waals surface area contributed by atoms with Crippen LogP contribution in [0.3, 0.4) is 0 Å². The lowest BCUT2D eigenvalue weighted by atomic mass is 9.89. The Morgan fingerprint density at radius 2 is 2.05 bits per heavy atom. The fraction of sp³-hybridized carbons (Fsp3) is 0.529. The van der Waals surface area contributed by atoms with E-state index in [4.69, 9.17) is 10.00 Å². The van der Waals surface area contributed by atoms with Gasteiger partial charge in [0.1, 0.15) is 5.75 Å². The molecule has 4 nitrogen and oxygen atoms in total. The third kappa shape index (κ3) is 3.55. The molecule has 21 heavy (non-hydrogen) atoms. The topological polar surface area (TPSA) is 53.3 Å². The van der Waals surface area contributed by atoms with Crippen LogP contribution in [0.4, 0.5) is 5.69 Å². The van der Waals surface area contributed by atoms with Crippen LogP contribution in [0.5, 0.6) is 5.75 Å². The largest absolute Gasteiger partial charge is 0.479 e. The van der Waals surface area contributed by atoms with E-state index in [1.54, 1.807) is 6.92 Å². The summed E-state index contributed by atoms with van der Waals surface area (Å²) in [4.78, 5) is 14.1. The molecule has 0 N–H and O–H groups in total. The van der Waals surface area contributed by atoms with E-state index in [1.807, 2.05) is 43.0 Å². The maximum Gasteiger partial charge on any atom is 0.267 e. The predicted octanol–water partition coefficient (Wildman–Crippen LogP) is 3.52. The summed E-state index contributed by atoms with van der Waals surface area (Å²) in [6.07, 6.45) is 2.23. The zero-order valence-electron chi connectivity index (χ0n) is 12.9. The number of amides is 1. The number of anilines is 1. The SMILES string of the molecule is CC1Oc2ccccc2N(CCCCC(C)(C)C#N)C1=O. The zero-order valence-corrected chi connectivity index (χ0v) is 12.9. The number of carbonyl (C=O) groups is 1. The maximum atomic E-state index is 12.3. The van der Waals surface area contributed by atoms with Crippen LogP contribution in [0.25, 0.3) is 0 Å². The van der Waals surface area contributed by atoms with Crippen LogP contribution in [0.2, 0.25) is 0 Å². The highest BCUT2D eigenvalue weighted by Crippen LogP contribution is 2.34. The van der Waals surface area contributed by atoms with Crippen molar-refractivity contribution in [3.8, 4) is 11.8 Å². The van der Waals surface area contributed by atoms with Gasteiger partial charge in [-0.2, -0.15) is 5.26 Å². The molecule has 1 heterocycles. The molecule has 0 saturated heterocycles. The predicted molar refractivity (Wildman–Crippen MR) is 82.1 cm³/mol. The van der Waals surface area contributed by atoms with Gasteiger partial charge in [-0.25, -0.2) is 0 Å². The number of carbonyl (C=O) groups excluding carboxylic acids is 1. The van der Waals surface area contributed by atoms with E-state index in [9.17, 15) is 4.79 Å². The Hall–Kier alpha value is -2.02. The minimum absolute atomic E-state index is 0.00763. The third-order valence-corrected chi connectivity index (χ3v) is 3.81. The van der Waals surface area contributed by atoms with Gasteiger partial charge < -0.3 is 9.64 Å². The lowest BCUT2D eigenvalue weighted by Crippen LogP contribution is -2.44. The van der Waals surface area contributed by atoms with E-state index in [-0.39, 0.29) is 11.3 Å². The van der Waals surface area contributed by atoms with E-state index in [2.05, 4.69) is 6.07 Å². The summed E-state index contributed by atoms with van der Waals surface area (Å²) in [6.45, 7) is 6.35. The normalized spacial score (nSPS) is 17.9. The van der Waals surface area contributed by atoms with Gasteiger partial charge in [-0.05, 0) is 45.7 Å². The number of hydrogen-bond donors (Lipinski definition) is 0. The molecule has 0 saturated carbocycles. The molecule has 1 aromatic rings. The Balaban J connectivity index is 1.99. The molecule has 1 aliphatic heterocycles. The second-order valence-electron chi connectivity index (χ2n) is 6.17. The molecule has 112 valence electrons. The Morgan fingerprint density at radius 1 is 1.33 bits per heavy atom. The van der Waals surface area contributed by atoms with Crippen LogP contribution < -0.4 is 9.64 Å². The molecule has 0 aliphatic carbocycles. The Bertz CT molecular complexity index is 560. The van der Waals surface area contributed by atoms with Crippen molar-refractivity contribution >= 4 is 11.6 Å². The molecule has 1 atom stereocenters. The quantitative estimate of drug-likeness (QED) is 0.778. The molecule has 1 aromatic carbocycles. The first-order valence-corrected chi connectivity index (χ1v) is 7.43. The smallest absolute Gasteiger partial charge is 0.267 e. The Morgan fingerprint density at radius 3 is 2.76 bits per heavy atom. The number of ether oxygens (including phenoxy) is 1. The van der Waals surface area contributed by atoms with Gasteiger partial charge in [0.25, 0.3) is 5.91 Å². The molecule has 0 radical (unpaired) electrons. The number of unbranched alkanes of at least 4 members (excludes halogenated alkanes) is 1. The summed E-state index contributed by atoms with van der Waals surface area (Å²) in [6, 6.07) is 9.94. The van der Waals surface area contributed by atoms with Crippen LogP contribution in [0, 0.1) is 16.7 Å². The number of benzene rings is 1. The van der Waals surface area contributed by atoms with Crippen LogP contribution in [0.1, 0.15) is 40.0 Å². The van der Waals surface area contributed by atoms with E-state index in [0.717, 1.165) is 30.7 Å². The lowest BCUT2D eigenvalue weighted by Gasteiger charge is -2.33.